The first kappa shape index (κ1) is 13.2. The fourth-order valence-corrected chi connectivity index (χ4v) is 2.02. The molecule has 2 aromatic carbocycles. The Balaban J connectivity index is 1.99. The summed E-state index contributed by atoms with van der Waals surface area (Å²) in [6, 6.07) is 14.2. The number of aromatic hydroxyl groups is 1. The third kappa shape index (κ3) is 2.72. The average Bonchev–Trinajstić information content (AvgIpc) is 2.98. The maximum Gasteiger partial charge on any atom is 0.262 e. The number of aromatic nitrogens is 2. The molecule has 3 aromatic rings. The fourth-order valence-electron chi connectivity index (χ4n) is 2.02. The molecule has 5 heteroatoms. The van der Waals surface area contributed by atoms with Crippen molar-refractivity contribution in [3.05, 3.63) is 48.5 Å². The Morgan fingerprint density at radius 3 is 2.81 bits per heavy atom. The topological polar surface area (TPSA) is 68.4 Å². The highest BCUT2D eigenvalue weighted by Gasteiger charge is 2.14. The first-order valence-corrected chi connectivity index (χ1v) is 6.63. The Morgan fingerprint density at radius 1 is 1.14 bits per heavy atom. The van der Waals surface area contributed by atoms with Crippen LogP contribution in [-0.4, -0.2) is 21.9 Å². The second-order valence-electron chi connectivity index (χ2n) is 4.40. The maximum atomic E-state index is 9.51. The lowest BCUT2D eigenvalue weighted by Gasteiger charge is -2.05. The molecular formula is C16H14N2O3. The van der Waals surface area contributed by atoms with Crippen molar-refractivity contribution in [2.45, 2.75) is 6.92 Å². The molecule has 0 saturated carbocycles. The molecule has 1 heterocycles. The Bertz CT molecular complexity index is 753. The molecule has 0 amide bonds. The summed E-state index contributed by atoms with van der Waals surface area (Å²) in [5.74, 6) is 1.67. The predicted molar refractivity (Wildman–Crippen MR) is 78.0 cm³/mol. The average molecular weight is 282 g/mol. The summed E-state index contributed by atoms with van der Waals surface area (Å²) in [6.07, 6.45) is 0. The number of para-hydroxylation sites is 1. The van der Waals surface area contributed by atoms with Crippen molar-refractivity contribution in [3.8, 4) is 34.3 Å². The van der Waals surface area contributed by atoms with Crippen LogP contribution in [0.15, 0.2) is 53.1 Å². The molecule has 0 unspecified atom stereocenters. The fraction of sp³-hybridized carbons (Fsp3) is 0.125. The number of phenolic OH excluding ortho intramolecular Hbond substituents is 1. The van der Waals surface area contributed by atoms with E-state index in [0.29, 0.717) is 29.6 Å². The molecule has 1 aromatic heterocycles. The van der Waals surface area contributed by atoms with Gasteiger partial charge in [0.05, 0.1) is 12.2 Å². The lowest BCUT2D eigenvalue weighted by molar-refractivity contribution is 0.339. The van der Waals surface area contributed by atoms with Gasteiger partial charge in [-0.1, -0.05) is 29.4 Å². The molecule has 0 radical (unpaired) electrons. The standard InChI is InChI=1S/C16H14N2O3/c1-2-20-14-9-4-3-8-13(14)16-17-15(18-21-16)11-6-5-7-12(19)10-11/h3-10,19H,2H2,1H3. The Labute approximate surface area is 121 Å². The van der Waals surface area contributed by atoms with Crippen molar-refractivity contribution in [2.75, 3.05) is 6.61 Å². The van der Waals surface area contributed by atoms with Crippen molar-refractivity contribution >= 4 is 0 Å². The number of hydrogen-bond acceptors (Lipinski definition) is 5. The van der Waals surface area contributed by atoms with Crippen LogP contribution in [0.1, 0.15) is 6.92 Å². The molecule has 0 spiro atoms. The number of benzene rings is 2. The zero-order valence-electron chi connectivity index (χ0n) is 11.5. The Kier molecular flexibility index (Phi) is 3.55. The van der Waals surface area contributed by atoms with Gasteiger partial charge in [0.2, 0.25) is 5.82 Å². The van der Waals surface area contributed by atoms with Crippen LogP contribution >= 0.6 is 0 Å². The number of phenols is 1. The lowest BCUT2D eigenvalue weighted by Crippen LogP contribution is -1.93. The van der Waals surface area contributed by atoms with Gasteiger partial charge in [-0.05, 0) is 31.2 Å². The van der Waals surface area contributed by atoms with Gasteiger partial charge in [-0.15, -0.1) is 0 Å². The van der Waals surface area contributed by atoms with E-state index in [9.17, 15) is 5.11 Å². The summed E-state index contributed by atoms with van der Waals surface area (Å²) in [4.78, 5) is 4.37. The summed E-state index contributed by atoms with van der Waals surface area (Å²) >= 11 is 0. The summed E-state index contributed by atoms with van der Waals surface area (Å²) in [5, 5.41) is 13.5. The number of nitrogens with zero attached hydrogens (tertiary/aromatic N) is 2. The van der Waals surface area contributed by atoms with Crippen molar-refractivity contribution in [1.82, 2.24) is 10.1 Å². The molecule has 5 nitrogen and oxygen atoms in total. The van der Waals surface area contributed by atoms with Crippen LogP contribution < -0.4 is 4.74 Å². The molecule has 0 bridgehead atoms. The number of rotatable bonds is 4. The quantitative estimate of drug-likeness (QED) is 0.793. The van der Waals surface area contributed by atoms with E-state index >= 15 is 0 Å². The largest absolute Gasteiger partial charge is 0.508 e. The minimum Gasteiger partial charge on any atom is -0.508 e. The van der Waals surface area contributed by atoms with E-state index in [0.717, 1.165) is 5.56 Å². The highest BCUT2D eigenvalue weighted by Crippen LogP contribution is 2.30. The van der Waals surface area contributed by atoms with Gasteiger partial charge in [0.25, 0.3) is 5.89 Å². The van der Waals surface area contributed by atoms with Crippen molar-refractivity contribution in [2.24, 2.45) is 0 Å². The Hall–Kier alpha value is -2.82. The summed E-state index contributed by atoms with van der Waals surface area (Å²) in [6.45, 7) is 2.48. The molecule has 0 atom stereocenters. The smallest absolute Gasteiger partial charge is 0.262 e. The summed E-state index contributed by atoms with van der Waals surface area (Å²) in [5.41, 5.74) is 1.44. The van der Waals surface area contributed by atoms with E-state index in [4.69, 9.17) is 9.26 Å². The van der Waals surface area contributed by atoms with E-state index < -0.39 is 0 Å². The molecule has 21 heavy (non-hydrogen) atoms. The minimum absolute atomic E-state index is 0.161. The van der Waals surface area contributed by atoms with Gasteiger partial charge in [0, 0.05) is 5.56 Å². The van der Waals surface area contributed by atoms with Gasteiger partial charge in [-0.3, -0.25) is 0 Å². The van der Waals surface area contributed by atoms with Crippen molar-refractivity contribution in [3.63, 3.8) is 0 Å². The van der Waals surface area contributed by atoms with Crippen molar-refractivity contribution < 1.29 is 14.4 Å². The molecule has 106 valence electrons. The van der Waals surface area contributed by atoms with Crippen LogP contribution in [0.25, 0.3) is 22.8 Å². The number of hydrogen-bond donors (Lipinski definition) is 1. The molecule has 0 fully saturated rings. The van der Waals surface area contributed by atoms with Gasteiger partial charge < -0.3 is 14.4 Å². The van der Waals surface area contributed by atoms with E-state index in [-0.39, 0.29) is 5.75 Å². The molecule has 1 N–H and O–H groups in total. The van der Waals surface area contributed by atoms with Crippen LogP contribution in [0.3, 0.4) is 0 Å². The molecule has 0 aliphatic heterocycles. The summed E-state index contributed by atoms with van der Waals surface area (Å²) < 4.78 is 10.9. The van der Waals surface area contributed by atoms with Gasteiger partial charge in [0.1, 0.15) is 11.5 Å². The highest BCUT2D eigenvalue weighted by atomic mass is 16.5. The number of ether oxygens (including phenoxy) is 1. The van der Waals surface area contributed by atoms with Gasteiger partial charge in [-0.2, -0.15) is 4.98 Å². The van der Waals surface area contributed by atoms with Crippen LogP contribution in [0, 0.1) is 0 Å². The van der Waals surface area contributed by atoms with E-state index in [1.54, 1.807) is 18.2 Å². The second kappa shape index (κ2) is 5.66. The molecule has 0 saturated heterocycles. The van der Waals surface area contributed by atoms with Crippen LogP contribution in [0.4, 0.5) is 0 Å². The van der Waals surface area contributed by atoms with Crippen LogP contribution in [-0.2, 0) is 0 Å². The highest BCUT2D eigenvalue weighted by molar-refractivity contribution is 5.65. The van der Waals surface area contributed by atoms with E-state index in [1.165, 1.54) is 0 Å². The molecule has 3 rings (SSSR count). The molecule has 0 aliphatic carbocycles. The van der Waals surface area contributed by atoms with Gasteiger partial charge >= 0.3 is 0 Å². The maximum absolute atomic E-state index is 9.51. The normalized spacial score (nSPS) is 10.5. The zero-order valence-corrected chi connectivity index (χ0v) is 11.5. The minimum atomic E-state index is 0.161. The monoisotopic (exact) mass is 282 g/mol. The van der Waals surface area contributed by atoms with E-state index in [1.807, 2.05) is 37.3 Å². The second-order valence-corrected chi connectivity index (χ2v) is 4.40. The molecule has 0 aliphatic rings. The van der Waals surface area contributed by atoms with E-state index in [2.05, 4.69) is 10.1 Å². The Morgan fingerprint density at radius 2 is 2.00 bits per heavy atom. The predicted octanol–water partition coefficient (Wildman–Crippen LogP) is 3.51. The first-order chi connectivity index (χ1) is 10.3. The van der Waals surface area contributed by atoms with Gasteiger partial charge in [0.15, 0.2) is 0 Å². The third-order valence-electron chi connectivity index (χ3n) is 2.95. The SMILES string of the molecule is CCOc1ccccc1-c1nc(-c2cccc(O)c2)no1. The third-order valence-corrected chi connectivity index (χ3v) is 2.95. The van der Waals surface area contributed by atoms with Crippen molar-refractivity contribution in [1.29, 1.82) is 0 Å². The zero-order chi connectivity index (χ0) is 14.7. The van der Waals surface area contributed by atoms with Crippen LogP contribution in [0.5, 0.6) is 11.5 Å². The van der Waals surface area contributed by atoms with Gasteiger partial charge in [-0.25, -0.2) is 0 Å². The molecular weight excluding hydrogens is 268 g/mol. The van der Waals surface area contributed by atoms with Crippen LogP contribution in [0.2, 0.25) is 0 Å². The first-order valence-electron chi connectivity index (χ1n) is 6.63. The lowest BCUT2D eigenvalue weighted by atomic mass is 10.2. The summed E-state index contributed by atoms with van der Waals surface area (Å²) in [7, 11) is 0.